The number of hydrogen-bond donors (Lipinski definition) is 0. The van der Waals surface area contributed by atoms with E-state index in [1.54, 1.807) is 0 Å². The van der Waals surface area contributed by atoms with Crippen molar-refractivity contribution in [2.45, 2.75) is 21.0 Å². The molecule has 0 aromatic heterocycles. The van der Waals surface area contributed by atoms with Crippen LogP contribution in [0.15, 0.2) is 0 Å². The minimum absolute atomic E-state index is 3.96. The highest BCUT2D eigenvalue weighted by Gasteiger charge is 2.76. The van der Waals surface area contributed by atoms with E-state index in [1.165, 1.54) is 0 Å². The Labute approximate surface area is 94.0 Å². The van der Waals surface area contributed by atoms with E-state index in [0.29, 0.717) is 0 Å². The fourth-order valence-corrected chi connectivity index (χ4v) is 0.951. The second-order valence-electron chi connectivity index (χ2n) is 2.14. The molecule has 86 valence electrons. The molecular formula is C4Cl4F6. The first-order valence-corrected chi connectivity index (χ1v) is 4.15. The first-order valence-electron chi connectivity index (χ1n) is 2.64. The van der Waals surface area contributed by atoms with Gasteiger partial charge in [0.15, 0.2) is 0 Å². The standard InChI is InChI=1S/C4Cl4F6/c5-1(9,3(7,11)12)2(6,10)4(8,13)14/t1-,2+. The Bertz CT molecular complexity index is 191. The van der Waals surface area contributed by atoms with Crippen molar-refractivity contribution in [2.24, 2.45) is 0 Å². The van der Waals surface area contributed by atoms with E-state index in [0.717, 1.165) is 0 Å². The van der Waals surface area contributed by atoms with Crippen molar-refractivity contribution >= 4 is 46.4 Å². The maximum atomic E-state index is 12.7. The molecule has 0 saturated heterocycles. The molecule has 0 fully saturated rings. The van der Waals surface area contributed by atoms with Gasteiger partial charge in [0.25, 0.3) is 0 Å². The Morgan fingerprint density at radius 3 is 0.714 bits per heavy atom. The summed E-state index contributed by atoms with van der Waals surface area (Å²) < 4.78 is 73.6. The molecule has 0 nitrogen and oxygen atoms in total. The third kappa shape index (κ3) is 2.28. The van der Waals surface area contributed by atoms with Crippen molar-refractivity contribution in [3.05, 3.63) is 0 Å². The molecule has 2 atom stereocenters. The largest absolute Gasteiger partial charge is 0.373 e. The molecule has 0 aromatic carbocycles. The van der Waals surface area contributed by atoms with Gasteiger partial charge < -0.3 is 0 Å². The van der Waals surface area contributed by atoms with Gasteiger partial charge >= 0.3 is 21.0 Å². The highest BCUT2D eigenvalue weighted by molar-refractivity contribution is 6.41. The molecule has 0 aliphatic heterocycles. The van der Waals surface area contributed by atoms with Crippen molar-refractivity contribution in [3.63, 3.8) is 0 Å². The van der Waals surface area contributed by atoms with Gasteiger partial charge in [-0.1, -0.05) is 23.2 Å². The summed E-state index contributed by atoms with van der Waals surface area (Å²) in [7, 11) is 0. The van der Waals surface area contributed by atoms with Crippen molar-refractivity contribution < 1.29 is 26.3 Å². The van der Waals surface area contributed by atoms with Gasteiger partial charge in [0.05, 0.1) is 0 Å². The van der Waals surface area contributed by atoms with Crippen LogP contribution in [0.5, 0.6) is 0 Å². The Morgan fingerprint density at radius 1 is 0.500 bits per heavy atom. The minimum atomic E-state index is -5.16. The van der Waals surface area contributed by atoms with Gasteiger partial charge in [-0.05, 0) is 23.2 Å². The lowest BCUT2D eigenvalue weighted by Crippen LogP contribution is -2.57. The highest BCUT2D eigenvalue weighted by Crippen LogP contribution is 2.57. The molecule has 0 aliphatic carbocycles. The van der Waals surface area contributed by atoms with Crippen LogP contribution in [0.25, 0.3) is 0 Å². The number of rotatable bonds is 3. The second-order valence-corrected chi connectivity index (χ2v) is 4.14. The first kappa shape index (κ1) is 14.7. The van der Waals surface area contributed by atoms with Gasteiger partial charge in [0.2, 0.25) is 0 Å². The average molecular weight is 304 g/mol. The zero-order chi connectivity index (χ0) is 12.0. The molecule has 0 radical (unpaired) electrons. The highest BCUT2D eigenvalue weighted by atomic mass is 35.5. The van der Waals surface area contributed by atoms with Gasteiger partial charge in [0, 0.05) is 0 Å². The van der Waals surface area contributed by atoms with E-state index < -0.39 is 21.0 Å². The summed E-state index contributed by atoms with van der Waals surface area (Å²) in [6.07, 6.45) is 0. The Morgan fingerprint density at radius 2 is 0.643 bits per heavy atom. The van der Waals surface area contributed by atoms with Crippen LogP contribution in [0.1, 0.15) is 0 Å². The van der Waals surface area contributed by atoms with Gasteiger partial charge in [-0.3, -0.25) is 0 Å². The predicted octanol–water partition coefficient (Wildman–Crippen LogP) is 4.46. The summed E-state index contributed by atoms with van der Waals surface area (Å²) in [4.78, 5) is 0. The van der Waals surface area contributed by atoms with Gasteiger partial charge in [-0.25, -0.2) is 8.78 Å². The zero-order valence-corrected chi connectivity index (χ0v) is 8.80. The normalized spacial score (nSPS) is 22.7. The molecule has 0 bridgehead atoms. The van der Waals surface area contributed by atoms with Crippen molar-refractivity contribution in [1.82, 2.24) is 0 Å². The van der Waals surface area contributed by atoms with Crippen LogP contribution in [0.4, 0.5) is 26.3 Å². The summed E-state index contributed by atoms with van der Waals surface area (Å²) in [5.74, 6) is 0. The Kier molecular flexibility index (Phi) is 3.84. The van der Waals surface area contributed by atoms with Crippen LogP contribution < -0.4 is 0 Å². The van der Waals surface area contributed by atoms with Crippen LogP contribution in [-0.2, 0) is 0 Å². The van der Waals surface area contributed by atoms with Crippen LogP contribution in [0, 0.1) is 0 Å². The molecule has 0 unspecified atom stereocenters. The molecule has 0 heterocycles. The molecular weight excluding hydrogens is 304 g/mol. The summed E-state index contributed by atoms with van der Waals surface area (Å²) in [5, 5.41) is -20.4. The summed E-state index contributed by atoms with van der Waals surface area (Å²) >= 11 is 16.3. The maximum absolute atomic E-state index is 12.7. The summed E-state index contributed by atoms with van der Waals surface area (Å²) in [6, 6.07) is 0. The van der Waals surface area contributed by atoms with Gasteiger partial charge in [0.1, 0.15) is 0 Å². The van der Waals surface area contributed by atoms with E-state index in [1.807, 2.05) is 0 Å². The molecule has 0 amide bonds. The average Bonchev–Trinajstić information content (AvgIpc) is 1.81. The van der Waals surface area contributed by atoms with E-state index in [2.05, 4.69) is 46.4 Å². The minimum Gasteiger partial charge on any atom is -0.212 e. The smallest absolute Gasteiger partial charge is 0.212 e. The number of alkyl halides is 10. The van der Waals surface area contributed by atoms with Gasteiger partial charge in [-0.15, -0.1) is 0 Å². The van der Waals surface area contributed by atoms with Crippen LogP contribution >= 0.6 is 46.4 Å². The van der Waals surface area contributed by atoms with E-state index in [4.69, 9.17) is 0 Å². The monoisotopic (exact) mass is 302 g/mol. The SMILES string of the molecule is FC(F)(Cl)[C@](F)(Cl)[C@](F)(Cl)C(F)(F)Cl. The molecule has 0 spiro atoms. The van der Waals surface area contributed by atoms with Gasteiger partial charge in [-0.2, -0.15) is 17.6 Å². The molecule has 0 rings (SSSR count). The molecule has 10 heteroatoms. The second kappa shape index (κ2) is 3.64. The molecule has 14 heavy (non-hydrogen) atoms. The topological polar surface area (TPSA) is 0 Å². The van der Waals surface area contributed by atoms with Crippen molar-refractivity contribution in [1.29, 1.82) is 0 Å². The lowest BCUT2D eigenvalue weighted by atomic mass is 10.2. The Hall–Kier alpha value is 0.740. The summed E-state index contributed by atoms with van der Waals surface area (Å²) in [5.41, 5.74) is 0. The fraction of sp³-hybridized carbons (Fsp3) is 1.00. The lowest BCUT2D eigenvalue weighted by molar-refractivity contribution is -0.140. The molecule has 0 aromatic rings. The Balaban J connectivity index is 5.30. The zero-order valence-electron chi connectivity index (χ0n) is 5.78. The molecule has 0 aliphatic rings. The van der Waals surface area contributed by atoms with Crippen molar-refractivity contribution in [2.75, 3.05) is 0 Å². The number of halogens is 10. The predicted molar refractivity (Wildman–Crippen MR) is 41.0 cm³/mol. The van der Waals surface area contributed by atoms with Crippen molar-refractivity contribution in [3.8, 4) is 0 Å². The fourth-order valence-electron chi connectivity index (χ4n) is 0.356. The molecule has 0 saturated carbocycles. The molecule has 0 N–H and O–H groups in total. The lowest BCUT2D eigenvalue weighted by Gasteiger charge is -2.34. The van der Waals surface area contributed by atoms with Crippen LogP contribution in [-0.4, -0.2) is 21.0 Å². The first-order chi connectivity index (χ1) is 5.75. The van der Waals surface area contributed by atoms with Crippen LogP contribution in [0.2, 0.25) is 0 Å². The maximum Gasteiger partial charge on any atom is 0.373 e. The van der Waals surface area contributed by atoms with E-state index in [-0.39, 0.29) is 0 Å². The van der Waals surface area contributed by atoms with E-state index in [9.17, 15) is 26.3 Å². The number of hydrogen-bond acceptors (Lipinski definition) is 0. The van der Waals surface area contributed by atoms with Crippen LogP contribution in [0.3, 0.4) is 0 Å². The summed E-state index contributed by atoms with van der Waals surface area (Å²) in [6.45, 7) is 0. The third-order valence-electron chi connectivity index (χ3n) is 1.11. The third-order valence-corrected chi connectivity index (χ3v) is 2.91. The van der Waals surface area contributed by atoms with E-state index >= 15 is 0 Å². The quantitative estimate of drug-likeness (QED) is 0.533.